The zero-order valence-corrected chi connectivity index (χ0v) is 51.0. The van der Waals surface area contributed by atoms with Crippen LogP contribution in [-0.4, -0.2) is 0 Å². The van der Waals surface area contributed by atoms with Gasteiger partial charge in [-0.1, -0.05) is 250 Å². The summed E-state index contributed by atoms with van der Waals surface area (Å²) in [6.07, 6.45) is 12.6. The Balaban J connectivity index is 1.01. The van der Waals surface area contributed by atoms with Gasteiger partial charge in [0.05, 0.1) is 22.8 Å². The second-order valence-corrected chi connectivity index (χ2v) is 26.8. The largest absolute Gasteiger partial charge is 0.454 e. The van der Waals surface area contributed by atoms with E-state index in [0.29, 0.717) is 0 Å². The Morgan fingerprint density at radius 1 is 0.460 bits per heavy atom. The van der Waals surface area contributed by atoms with Crippen LogP contribution in [0.5, 0.6) is 0 Å². The molecule has 426 valence electrons. The van der Waals surface area contributed by atoms with Gasteiger partial charge in [0.2, 0.25) is 0 Å². The molecule has 0 bridgehead atoms. The van der Waals surface area contributed by atoms with E-state index in [0.717, 1.165) is 95.9 Å². The normalized spacial score (nSPS) is 16.9. The third-order valence-electron chi connectivity index (χ3n) is 19.0. The first-order valence-electron chi connectivity index (χ1n) is 31.0. The van der Waals surface area contributed by atoms with Crippen LogP contribution in [0.3, 0.4) is 0 Å². The lowest BCUT2D eigenvalue weighted by atomic mass is 9.70. The summed E-state index contributed by atoms with van der Waals surface area (Å²) in [5.41, 5.74) is 23.1. The third-order valence-corrected chi connectivity index (χ3v) is 19.0. The average Bonchev–Trinajstić information content (AvgIpc) is 1.55. The van der Waals surface area contributed by atoms with Gasteiger partial charge in [-0.05, 0) is 151 Å². The van der Waals surface area contributed by atoms with Gasteiger partial charge in [-0.2, -0.15) is 0 Å². The summed E-state index contributed by atoms with van der Waals surface area (Å²) >= 11 is 0. The molecule has 3 aliphatic rings. The Morgan fingerprint density at radius 2 is 1.00 bits per heavy atom. The van der Waals surface area contributed by atoms with Crippen molar-refractivity contribution in [3.05, 3.63) is 300 Å². The summed E-state index contributed by atoms with van der Waals surface area (Å²) in [5, 5.41) is 3.39. The molecule has 4 heteroatoms. The van der Waals surface area contributed by atoms with Crippen molar-refractivity contribution in [2.75, 3.05) is 9.80 Å². The summed E-state index contributed by atoms with van der Waals surface area (Å²) in [6, 6.07) is 85.1. The molecule has 3 atom stereocenters. The highest BCUT2D eigenvalue weighted by Gasteiger charge is 2.53. The zero-order valence-electron chi connectivity index (χ0n) is 51.0. The van der Waals surface area contributed by atoms with Gasteiger partial charge < -0.3 is 18.6 Å². The molecule has 87 heavy (non-hydrogen) atoms. The Labute approximate surface area is 512 Å². The van der Waals surface area contributed by atoms with Crippen LogP contribution in [-0.2, 0) is 16.2 Å². The summed E-state index contributed by atoms with van der Waals surface area (Å²) < 4.78 is 15.0. The van der Waals surface area contributed by atoms with Gasteiger partial charge in [0, 0.05) is 50.5 Å². The van der Waals surface area contributed by atoms with E-state index in [1.807, 2.05) is 0 Å². The highest BCUT2D eigenvalue weighted by molar-refractivity contribution is 6.14. The first-order chi connectivity index (χ1) is 42.2. The van der Waals surface area contributed by atoms with Gasteiger partial charge in [0.15, 0.2) is 11.3 Å². The van der Waals surface area contributed by atoms with Crippen LogP contribution in [0.2, 0.25) is 0 Å². The van der Waals surface area contributed by atoms with Crippen LogP contribution in [0.25, 0.3) is 72.0 Å². The SMILES string of the molecule is CC(C)(C)c1ccc(N(C2=CC3C(c4c2oc2ccccc42)c2c(cc(N(c4ccc(C(C)(C)C)cc4)c4ccc(-c5ccccc5)cc4-c4ccccc4)c4oc5ccccc5c24)C3(C)C)c2ccc(-c3ccccc3)cc2C2C=CC=CC2)cc1. The molecule has 0 spiro atoms. The lowest BCUT2D eigenvalue weighted by Gasteiger charge is -2.38. The first kappa shape index (κ1) is 54.0. The van der Waals surface area contributed by atoms with Crippen LogP contribution < -0.4 is 9.80 Å². The van der Waals surface area contributed by atoms with Gasteiger partial charge >= 0.3 is 0 Å². The predicted molar refractivity (Wildman–Crippen MR) is 365 cm³/mol. The van der Waals surface area contributed by atoms with Crippen molar-refractivity contribution in [3.8, 4) is 33.4 Å². The fourth-order valence-corrected chi connectivity index (χ4v) is 14.4. The number of fused-ring (bicyclic) bond motifs is 11. The summed E-state index contributed by atoms with van der Waals surface area (Å²) in [4.78, 5) is 5.03. The van der Waals surface area contributed by atoms with Crippen LogP contribution in [0, 0.1) is 5.92 Å². The number of rotatable bonds is 10. The van der Waals surface area contributed by atoms with Crippen molar-refractivity contribution in [1.82, 2.24) is 0 Å². The van der Waals surface area contributed by atoms with Gasteiger partial charge in [-0.25, -0.2) is 0 Å². The van der Waals surface area contributed by atoms with Crippen LogP contribution in [0.1, 0.15) is 113 Å². The zero-order chi connectivity index (χ0) is 59.3. The Hall–Kier alpha value is -9.64. The fourth-order valence-electron chi connectivity index (χ4n) is 14.4. The molecule has 0 saturated heterocycles. The molecular formula is C83H72N2O2. The van der Waals surface area contributed by atoms with Crippen molar-refractivity contribution < 1.29 is 8.83 Å². The molecule has 0 N–H and O–H groups in total. The molecule has 0 amide bonds. The van der Waals surface area contributed by atoms with Gasteiger partial charge in [-0.3, -0.25) is 0 Å². The van der Waals surface area contributed by atoms with E-state index in [4.69, 9.17) is 8.83 Å². The maximum atomic E-state index is 7.50. The first-order valence-corrected chi connectivity index (χ1v) is 31.0. The molecule has 3 unspecified atom stereocenters. The molecule has 15 rings (SSSR count). The molecule has 3 aliphatic carbocycles. The van der Waals surface area contributed by atoms with Crippen molar-refractivity contribution in [2.24, 2.45) is 5.92 Å². The third kappa shape index (κ3) is 9.19. The van der Waals surface area contributed by atoms with Crippen LogP contribution in [0.4, 0.5) is 28.4 Å². The van der Waals surface area contributed by atoms with Crippen LogP contribution >= 0.6 is 0 Å². The average molecular weight is 1130 g/mol. The minimum Gasteiger partial charge on any atom is -0.454 e. The topological polar surface area (TPSA) is 32.8 Å². The van der Waals surface area contributed by atoms with E-state index in [9.17, 15) is 0 Å². The second kappa shape index (κ2) is 20.8. The number of nitrogens with zero attached hydrogens (tertiary/aromatic N) is 2. The Bertz CT molecular complexity index is 4700. The lowest BCUT2D eigenvalue weighted by molar-refractivity contribution is 0.386. The molecular weight excluding hydrogens is 1060 g/mol. The lowest BCUT2D eigenvalue weighted by Crippen LogP contribution is -2.30. The number of hydrogen-bond acceptors (Lipinski definition) is 4. The fraction of sp³-hybridized carbons (Fsp3) is 0.181. The molecule has 2 heterocycles. The van der Waals surface area contributed by atoms with E-state index in [1.165, 1.54) is 50.1 Å². The molecule has 10 aromatic carbocycles. The molecule has 0 aliphatic heterocycles. The van der Waals surface area contributed by atoms with E-state index >= 15 is 0 Å². The number of benzene rings is 10. The van der Waals surface area contributed by atoms with Gasteiger partial charge in [-0.15, -0.1) is 0 Å². The van der Waals surface area contributed by atoms with Crippen molar-refractivity contribution >= 4 is 67.0 Å². The van der Waals surface area contributed by atoms with Crippen molar-refractivity contribution in [2.45, 2.75) is 89.9 Å². The van der Waals surface area contributed by atoms with Crippen molar-refractivity contribution in [3.63, 3.8) is 0 Å². The summed E-state index contributed by atoms with van der Waals surface area (Å²) in [7, 11) is 0. The molecule has 4 nitrogen and oxygen atoms in total. The number of hydrogen-bond donors (Lipinski definition) is 0. The number of anilines is 5. The standard InChI is InChI=1S/C83H72N2O2/c1-81(2,3)59-39-43-61(44-40-59)84(69-47-37-57(53-25-13-9-14-26-53)49-65(69)55-29-17-11-18-30-55)71-51-67-77(75-63-33-21-23-35-73(63)86-79(71)75)78-68(83(67,7)8)52-72(80-76(78)64-34-22-24-36-74(64)87-80)85(62-45-41-60(42-46-62)82(4,5)6)70-48-38-58(54-27-15-10-16-28-54)50-66(70)56-31-19-12-20-32-56/h9-31,33-52,56,68,78H,32H2,1-8H3. The van der Waals surface area contributed by atoms with Crippen LogP contribution in [0.15, 0.2) is 270 Å². The summed E-state index contributed by atoms with van der Waals surface area (Å²) in [6.45, 7) is 18.7. The Morgan fingerprint density at radius 3 is 1.60 bits per heavy atom. The molecule has 2 aromatic heterocycles. The van der Waals surface area contributed by atoms with Gasteiger partial charge in [0.1, 0.15) is 11.2 Å². The smallest absolute Gasteiger partial charge is 0.159 e. The molecule has 0 saturated carbocycles. The van der Waals surface area contributed by atoms with E-state index in [1.54, 1.807) is 0 Å². The molecule has 12 aromatic rings. The quantitative estimate of drug-likeness (QED) is 0.137. The van der Waals surface area contributed by atoms with Crippen molar-refractivity contribution in [1.29, 1.82) is 0 Å². The number of furan rings is 2. The highest BCUT2D eigenvalue weighted by Crippen LogP contribution is 2.64. The highest BCUT2D eigenvalue weighted by atomic mass is 16.3. The minimum atomic E-state index is -0.428. The number of allylic oxidation sites excluding steroid dienone is 5. The minimum absolute atomic E-state index is 0.0198. The van der Waals surface area contributed by atoms with Gasteiger partial charge in [0.25, 0.3) is 0 Å². The van der Waals surface area contributed by atoms with E-state index < -0.39 is 5.41 Å². The maximum Gasteiger partial charge on any atom is 0.159 e. The Kier molecular flexibility index (Phi) is 12.9. The maximum absolute atomic E-state index is 7.50. The molecule has 0 fully saturated rings. The summed E-state index contributed by atoms with van der Waals surface area (Å²) in [5.74, 6) is 0.939. The monoisotopic (exact) mass is 1130 g/mol. The predicted octanol–water partition coefficient (Wildman–Crippen LogP) is 23.2. The second-order valence-electron chi connectivity index (χ2n) is 26.8. The van der Waals surface area contributed by atoms with E-state index in [-0.39, 0.29) is 28.6 Å². The molecule has 0 radical (unpaired) electrons. The van der Waals surface area contributed by atoms with E-state index in [2.05, 4.69) is 326 Å². The number of para-hydroxylation sites is 2.